The lowest BCUT2D eigenvalue weighted by atomic mass is 9.85. The summed E-state index contributed by atoms with van der Waals surface area (Å²) in [5, 5.41) is 20.7. The van der Waals surface area contributed by atoms with Gasteiger partial charge in [-0.2, -0.15) is 0 Å². The lowest BCUT2D eigenvalue weighted by Crippen LogP contribution is -2.29. The van der Waals surface area contributed by atoms with Crippen LogP contribution in [0.25, 0.3) is 5.76 Å². The van der Waals surface area contributed by atoms with E-state index in [4.69, 9.17) is 11.6 Å². The van der Waals surface area contributed by atoms with Crippen molar-refractivity contribution in [2.45, 2.75) is 42.3 Å². The first-order valence-corrected chi connectivity index (χ1v) is 14.3. The van der Waals surface area contributed by atoms with Crippen molar-refractivity contribution in [3.63, 3.8) is 0 Å². The number of anilines is 1. The predicted octanol–water partition coefficient (Wildman–Crippen LogP) is 6.80. The van der Waals surface area contributed by atoms with Crippen LogP contribution in [0.2, 0.25) is 5.02 Å². The van der Waals surface area contributed by atoms with Gasteiger partial charge in [-0.3, -0.25) is 19.5 Å². The molecule has 5 rings (SSSR count). The average Bonchev–Trinajstić information content (AvgIpc) is 3.50. The number of thioether (sulfide) groups is 1. The van der Waals surface area contributed by atoms with Crippen LogP contribution >= 0.6 is 34.7 Å². The van der Waals surface area contributed by atoms with E-state index in [1.165, 1.54) is 40.4 Å². The van der Waals surface area contributed by atoms with Crippen molar-refractivity contribution in [2.24, 2.45) is 0 Å². The molecule has 1 N–H and O–H groups in total. The summed E-state index contributed by atoms with van der Waals surface area (Å²) in [6, 6.07) is 17.6. The third-order valence-corrected chi connectivity index (χ3v) is 8.75. The first kappa shape index (κ1) is 27.1. The van der Waals surface area contributed by atoms with Gasteiger partial charge < -0.3 is 5.11 Å². The summed E-state index contributed by atoms with van der Waals surface area (Å²) in [5.74, 6) is -1.16. The van der Waals surface area contributed by atoms with Gasteiger partial charge in [0.2, 0.25) is 5.13 Å². The van der Waals surface area contributed by atoms with Gasteiger partial charge in [-0.15, -0.1) is 10.2 Å². The summed E-state index contributed by atoms with van der Waals surface area (Å²) >= 11 is 8.69. The van der Waals surface area contributed by atoms with E-state index in [1.54, 1.807) is 12.1 Å². The molecule has 2 aromatic carbocycles. The molecule has 1 aliphatic rings. The highest BCUT2D eigenvalue weighted by atomic mass is 35.5. The van der Waals surface area contributed by atoms with Crippen LogP contribution in [0.5, 0.6) is 0 Å². The minimum Gasteiger partial charge on any atom is -0.507 e. The number of benzene rings is 2. The van der Waals surface area contributed by atoms with Crippen LogP contribution in [0, 0.1) is 0 Å². The minimum absolute atomic E-state index is 0.000256. The molecular weight excluding hydrogens is 552 g/mol. The molecule has 1 saturated heterocycles. The number of aliphatic hydroxyl groups is 1. The number of carbonyl (C=O) groups excluding carboxylic acids is 2. The number of ketones is 1. The van der Waals surface area contributed by atoms with E-state index >= 15 is 0 Å². The highest BCUT2D eigenvalue weighted by molar-refractivity contribution is 8.00. The molecule has 1 fully saturated rings. The number of nitrogens with zero attached hydrogens (tertiary/aromatic N) is 4. The number of hydrogen-bond acceptors (Lipinski definition) is 8. The number of hydrogen-bond donors (Lipinski definition) is 1. The Morgan fingerprint density at radius 1 is 1.00 bits per heavy atom. The first-order valence-electron chi connectivity index (χ1n) is 12.2. The van der Waals surface area contributed by atoms with E-state index in [1.807, 2.05) is 48.5 Å². The summed E-state index contributed by atoms with van der Waals surface area (Å²) in [5.41, 5.74) is 3.18. The Morgan fingerprint density at radius 2 is 1.67 bits per heavy atom. The van der Waals surface area contributed by atoms with Gasteiger partial charge in [-0.1, -0.05) is 91.9 Å². The number of carbonyl (C=O) groups is 2. The maximum atomic E-state index is 13.4. The van der Waals surface area contributed by atoms with Crippen molar-refractivity contribution >= 4 is 57.3 Å². The average molecular weight is 577 g/mol. The van der Waals surface area contributed by atoms with Gasteiger partial charge >= 0.3 is 5.91 Å². The molecule has 4 aromatic rings. The second-order valence-corrected chi connectivity index (χ2v) is 12.7. The molecular formula is C29H25ClN4O3S2. The number of aromatic nitrogens is 3. The van der Waals surface area contributed by atoms with Gasteiger partial charge in [0.1, 0.15) is 5.76 Å². The Labute approximate surface area is 239 Å². The Hall–Kier alpha value is -3.53. The lowest BCUT2D eigenvalue weighted by Gasteiger charge is -2.24. The van der Waals surface area contributed by atoms with E-state index < -0.39 is 17.7 Å². The van der Waals surface area contributed by atoms with Gasteiger partial charge in [-0.05, 0) is 46.4 Å². The van der Waals surface area contributed by atoms with Gasteiger partial charge in [0.05, 0.1) is 11.6 Å². The van der Waals surface area contributed by atoms with Crippen LogP contribution in [0.1, 0.15) is 49.1 Å². The summed E-state index contributed by atoms with van der Waals surface area (Å²) < 4.78 is 0.651. The fraction of sp³-hybridized carbons (Fsp3) is 0.207. The summed E-state index contributed by atoms with van der Waals surface area (Å²) in [7, 11) is 0. The smallest absolute Gasteiger partial charge is 0.301 e. The summed E-state index contributed by atoms with van der Waals surface area (Å²) in [4.78, 5) is 32.1. The highest BCUT2D eigenvalue weighted by Crippen LogP contribution is 2.44. The monoisotopic (exact) mass is 576 g/mol. The fourth-order valence-electron chi connectivity index (χ4n) is 4.26. The van der Waals surface area contributed by atoms with E-state index in [2.05, 4.69) is 36.0 Å². The molecule has 0 radical (unpaired) electrons. The van der Waals surface area contributed by atoms with Crippen molar-refractivity contribution in [2.75, 3.05) is 4.90 Å². The van der Waals surface area contributed by atoms with E-state index in [0.29, 0.717) is 26.2 Å². The summed E-state index contributed by atoms with van der Waals surface area (Å²) in [6.07, 6.45) is 3.04. The molecule has 2 aromatic heterocycles. The number of aliphatic hydroxyl groups excluding tert-OH is 1. The van der Waals surface area contributed by atoms with Gasteiger partial charge in [0, 0.05) is 28.7 Å². The Bertz CT molecular complexity index is 1550. The van der Waals surface area contributed by atoms with Crippen molar-refractivity contribution < 1.29 is 14.7 Å². The Morgan fingerprint density at radius 3 is 2.31 bits per heavy atom. The molecule has 1 unspecified atom stereocenters. The molecule has 1 atom stereocenters. The van der Waals surface area contributed by atoms with E-state index in [9.17, 15) is 14.7 Å². The number of halogens is 1. The molecule has 7 nitrogen and oxygen atoms in total. The van der Waals surface area contributed by atoms with E-state index in [-0.39, 0.29) is 21.9 Å². The lowest BCUT2D eigenvalue weighted by molar-refractivity contribution is -0.132. The molecule has 3 heterocycles. The number of rotatable bonds is 6. The van der Waals surface area contributed by atoms with Crippen molar-refractivity contribution in [3.05, 3.63) is 106 Å². The van der Waals surface area contributed by atoms with E-state index in [0.717, 1.165) is 11.1 Å². The largest absolute Gasteiger partial charge is 0.507 e. The van der Waals surface area contributed by atoms with Crippen LogP contribution < -0.4 is 4.90 Å². The maximum absolute atomic E-state index is 13.4. The van der Waals surface area contributed by atoms with Gasteiger partial charge in [0.25, 0.3) is 5.78 Å². The number of pyridine rings is 1. The van der Waals surface area contributed by atoms with Crippen molar-refractivity contribution in [3.8, 4) is 0 Å². The molecule has 198 valence electrons. The van der Waals surface area contributed by atoms with Crippen LogP contribution in [-0.2, 0) is 20.8 Å². The zero-order valence-corrected chi connectivity index (χ0v) is 23.8. The zero-order chi connectivity index (χ0) is 27.7. The molecule has 39 heavy (non-hydrogen) atoms. The molecule has 1 amide bonds. The topological polar surface area (TPSA) is 96.3 Å². The van der Waals surface area contributed by atoms with Crippen LogP contribution in [0.3, 0.4) is 0 Å². The molecule has 0 bridgehead atoms. The van der Waals surface area contributed by atoms with Crippen molar-refractivity contribution in [1.82, 2.24) is 15.2 Å². The highest BCUT2D eigenvalue weighted by Gasteiger charge is 2.48. The number of amides is 1. The third kappa shape index (κ3) is 5.61. The normalized spacial score (nSPS) is 17.1. The summed E-state index contributed by atoms with van der Waals surface area (Å²) in [6.45, 7) is 6.34. The molecule has 10 heteroatoms. The molecule has 1 aliphatic heterocycles. The quantitative estimate of drug-likeness (QED) is 0.0886. The second kappa shape index (κ2) is 10.9. The Balaban J connectivity index is 1.54. The maximum Gasteiger partial charge on any atom is 0.301 e. The first-order chi connectivity index (χ1) is 18.6. The third-order valence-electron chi connectivity index (χ3n) is 6.37. The molecule has 0 aliphatic carbocycles. The zero-order valence-electron chi connectivity index (χ0n) is 21.5. The second-order valence-electron chi connectivity index (χ2n) is 10.0. The number of Topliss-reactive ketones (excluding diaryl/α,β-unsaturated/α-hetero) is 1. The Kier molecular flexibility index (Phi) is 7.57. The van der Waals surface area contributed by atoms with Crippen LogP contribution in [0.15, 0.2) is 83.0 Å². The van der Waals surface area contributed by atoms with Gasteiger partial charge in [-0.25, -0.2) is 0 Å². The minimum atomic E-state index is -0.866. The SMILES string of the molecule is CC(C)(C)c1ccc(C2C(=C(O)c3ccncc3)C(=O)C(=O)N2c2nnc(SCc3ccc(Cl)cc3)s2)cc1. The standard InChI is InChI=1S/C29H25ClN4O3S2/c1-29(2,3)20-8-6-18(7-9-20)23-22(24(35)19-12-14-31-15-13-19)25(36)26(37)34(23)27-32-33-28(39-27)38-16-17-4-10-21(30)11-5-17/h4-15,23,35H,16H2,1-3H3. The molecule has 0 spiro atoms. The molecule has 0 saturated carbocycles. The van der Waals surface area contributed by atoms with Crippen LogP contribution in [0.4, 0.5) is 5.13 Å². The van der Waals surface area contributed by atoms with Gasteiger partial charge in [0.15, 0.2) is 4.34 Å². The fourth-order valence-corrected chi connectivity index (χ4v) is 6.21. The predicted molar refractivity (Wildman–Crippen MR) is 155 cm³/mol. The van der Waals surface area contributed by atoms with Crippen LogP contribution in [-0.4, -0.2) is 32.0 Å². The van der Waals surface area contributed by atoms with Crippen molar-refractivity contribution in [1.29, 1.82) is 0 Å².